The minimum atomic E-state index is 0.000729. The summed E-state index contributed by atoms with van der Waals surface area (Å²) in [6, 6.07) is 21.0. The van der Waals surface area contributed by atoms with Gasteiger partial charge in [-0.15, -0.1) is 0 Å². The number of aliphatic hydroxyl groups excluding tert-OH is 1. The second-order valence-corrected chi connectivity index (χ2v) is 9.68. The molecule has 1 aliphatic rings. The van der Waals surface area contributed by atoms with E-state index in [9.17, 15) is 4.79 Å². The molecule has 1 saturated heterocycles. The molecule has 1 aliphatic heterocycles. The molecule has 4 N–H and O–H groups in total. The molecule has 0 bridgehead atoms. The Morgan fingerprint density at radius 2 is 1.80 bits per heavy atom. The number of hydrogen-bond donors (Lipinski definition) is 3. The summed E-state index contributed by atoms with van der Waals surface area (Å²) in [7, 11) is 1.64. The fourth-order valence-corrected chi connectivity index (χ4v) is 4.63. The molecule has 1 amide bonds. The molecule has 1 aromatic heterocycles. The van der Waals surface area contributed by atoms with Crippen LogP contribution in [-0.2, 0) is 11.3 Å². The first-order chi connectivity index (χ1) is 20.1. The number of morpholine rings is 1. The molecular weight excluding hydrogens is 522 g/mol. The third kappa shape index (κ3) is 6.79. The normalized spacial score (nSPS) is 13.8. The number of aromatic nitrogens is 2. The number of aliphatic hydroxyl groups is 1. The summed E-state index contributed by atoms with van der Waals surface area (Å²) in [5, 5.41) is 18.0. The number of benzene rings is 3. The molecular formula is C31H35N5O5. The Morgan fingerprint density at radius 1 is 1.07 bits per heavy atom. The second kappa shape index (κ2) is 13.2. The Morgan fingerprint density at radius 3 is 2.51 bits per heavy atom. The molecule has 0 unspecified atom stereocenters. The summed E-state index contributed by atoms with van der Waals surface area (Å²) in [6.07, 6.45) is 2.25. The standard InChI is InChI=1S/C31H35N5O5/c1-39-25-9-3-22(4-10-25)21-36-29-12-11-26(41-16-2-15-37)19-27(29)30(34-36)28(32)20-33-24-7-5-23(6-8-24)31(38)35-13-17-40-18-14-35/h3-12,19-20,33,37H,2,13-18,21,32H2,1H3/b28-20-. The third-order valence-corrected chi connectivity index (χ3v) is 6.88. The van der Waals surface area contributed by atoms with Crippen molar-refractivity contribution < 1.29 is 24.1 Å². The van der Waals surface area contributed by atoms with Gasteiger partial charge in [0, 0.05) is 49.0 Å². The number of carbonyl (C=O) groups excluding carboxylic acids is 1. The van der Waals surface area contributed by atoms with Gasteiger partial charge in [0.25, 0.3) is 5.91 Å². The number of amides is 1. The Hall–Kier alpha value is -4.54. The van der Waals surface area contributed by atoms with Gasteiger partial charge >= 0.3 is 0 Å². The first kappa shape index (κ1) is 28.0. The van der Waals surface area contributed by atoms with Crippen molar-refractivity contribution in [3.63, 3.8) is 0 Å². The summed E-state index contributed by atoms with van der Waals surface area (Å²) in [6.45, 7) is 3.36. The quantitative estimate of drug-likeness (QED) is 0.239. The van der Waals surface area contributed by atoms with E-state index in [1.54, 1.807) is 30.3 Å². The Labute approximate surface area is 238 Å². The van der Waals surface area contributed by atoms with Gasteiger partial charge in [-0.25, -0.2) is 0 Å². The molecule has 214 valence electrons. The smallest absolute Gasteiger partial charge is 0.254 e. The predicted octanol–water partition coefficient (Wildman–Crippen LogP) is 3.70. The van der Waals surface area contributed by atoms with Crippen LogP contribution in [0.1, 0.15) is 28.0 Å². The second-order valence-electron chi connectivity index (χ2n) is 9.68. The summed E-state index contributed by atoms with van der Waals surface area (Å²) < 4.78 is 18.4. The molecule has 10 heteroatoms. The molecule has 5 rings (SSSR count). The lowest BCUT2D eigenvalue weighted by Gasteiger charge is -2.26. The van der Waals surface area contributed by atoms with Crippen LogP contribution in [0.25, 0.3) is 16.6 Å². The van der Waals surface area contributed by atoms with E-state index in [0.29, 0.717) is 68.6 Å². The molecule has 0 radical (unpaired) electrons. The van der Waals surface area contributed by atoms with Crippen molar-refractivity contribution in [3.05, 3.63) is 89.8 Å². The van der Waals surface area contributed by atoms with Gasteiger partial charge in [-0.05, 0) is 60.2 Å². The van der Waals surface area contributed by atoms with Crippen LogP contribution in [-0.4, -0.2) is 72.3 Å². The molecule has 4 aromatic rings. The first-order valence-electron chi connectivity index (χ1n) is 13.6. The number of carbonyl (C=O) groups is 1. The molecule has 0 spiro atoms. The lowest BCUT2D eigenvalue weighted by Crippen LogP contribution is -2.40. The zero-order valence-electron chi connectivity index (χ0n) is 23.1. The highest BCUT2D eigenvalue weighted by molar-refractivity contribution is 5.95. The van der Waals surface area contributed by atoms with Crippen LogP contribution >= 0.6 is 0 Å². The van der Waals surface area contributed by atoms with Crippen molar-refractivity contribution in [2.45, 2.75) is 13.0 Å². The number of nitrogens with two attached hydrogens (primary N) is 1. The van der Waals surface area contributed by atoms with E-state index in [1.165, 1.54) is 0 Å². The molecule has 41 heavy (non-hydrogen) atoms. The highest BCUT2D eigenvalue weighted by Crippen LogP contribution is 2.28. The summed E-state index contributed by atoms with van der Waals surface area (Å²) in [4.78, 5) is 14.5. The van der Waals surface area contributed by atoms with E-state index in [1.807, 2.05) is 59.3 Å². The fourth-order valence-electron chi connectivity index (χ4n) is 4.63. The van der Waals surface area contributed by atoms with Crippen LogP contribution in [0.4, 0.5) is 5.69 Å². The van der Waals surface area contributed by atoms with E-state index >= 15 is 0 Å². The maximum atomic E-state index is 12.7. The van der Waals surface area contributed by atoms with Gasteiger partial charge < -0.3 is 35.3 Å². The van der Waals surface area contributed by atoms with Crippen LogP contribution in [0.15, 0.2) is 72.9 Å². The maximum Gasteiger partial charge on any atom is 0.254 e. The Balaban J connectivity index is 1.37. The Bertz CT molecular complexity index is 1490. The van der Waals surface area contributed by atoms with Gasteiger partial charge in [0.1, 0.15) is 17.2 Å². The van der Waals surface area contributed by atoms with Crippen LogP contribution < -0.4 is 20.5 Å². The Kier molecular flexibility index (Phi) is 9.02. The van der Waals surface area contributed by atoms with Gasteiger partial charge in [0.05, 0.1) is 44.7 Å². The van der Waals surface area contributed by atoms with Crippen LogP contribution in [0.3, 0.4) is 0 Å². The minimum absolute atomic E-state index is 0.000729. The molecule has 0 atom stereocenters. The van der Waals surface area contributed by atoms with Crippen molar-refractivity contribution >= 4 is 28.2 Å². The minimum Gasteiger partial charge on any atom is -0.497 e. The number of methoxy groups -OCH3 is 1. The lowest BCUT2D eigenvalue weighted by atomic mass is 10.1. The van der Waals surface area contributed by atoms with Gasteiger partial charge in [-0.2, -0.15) is 5.10 Å². The van der Waals surface area contributed by atoms with Crippen LogP contribution in [0.5, 0.6) is 11.5 Å². The van der Waals surface area contributed by atoms with E-state index in [0.717, 1.165) is 27.9 Å². The third-order valence-electron chi connectivity index (χ3n) is 6.88. The molecule has 0 aliphatic carbocycles. The number of nitrogens with one attached hydrogen (secondary N) is 1. The van der Waals surface area contributed by atoms with E-state index in [-0.39, 0.29) is 12.5 Å². The van der Waals surface area contributed by atoms with Gasteiger partial charge in [0.2, 0.25) is 0 Å². The van der Waals surface area contributed by atoms with Crippen molar-refractivity contribution in [1.82, 2.24) is 14.7 Å². The number of hydrogen-bond acceptors (Lipinski definition) is 8. The van der Waals surface area contributed by atoms with Crippen molar-refractivity contribution in [2.24, 2.45) is 5.73 Å². The molecule has 0 saturated carbocycles. The van der Waals surface area contributed by atoms with E-state index in [4.69, 9.17) is 30.1 Å². The summed E-state index contributed by atoms with van der Waals surface area (Å²) in [5.74, 6) is 1.47. The summed E-state index contributed by atoms with van der Waals surface area (Å²) in [5.41, 5.74) is 11.0. The molecule has 1 fully saturated rings. The topological polar surface area (TPSA) is 124 Å². The predicted molar refractivity (Wildman–Crippen MR) is 158 cm³/mol. The molecule has 10 nitrogen and oxygen atoms in total. The van der Waals surface area contributed by atoms with Gasteiger partial charge in [0.15, 0.2) is 0 Å². The number of ether oxygens (including phenoxy) is 3. The highest BCUT2D eigenvalue weighted by Gasteiger charge is 2.18. The zero-order chi connectivity index (χ0) is 28.6. The highest BCUT2D eigenvalue weighted by atomic mass is 16.5. The maximum absolute atomic E-state index is 12.7. The van der Waals surface area contributed by atoms with Crippen molar-refractivity contribution in [3.8, 4) is 11.5 Å². The average Bonchev–Trinajstić information content (AvgIpc) is 3.38. The number of nitrogens with zero attached hydrogens (tertiary/aromatic N) is 3. The average molecular weight is 558 g/mol. The SMILES string of the molecule is COc1ccc(Cn2nc(/C(N)=C/Nc3ccc(C(=O)N4CCOCC4)cc3)c3cc(OCCCO)ccc32)cc1. The fraction of sp³-hybridized carbons (Fsp3) is 0.290. The number of rotatable bonds is 11. The number of anilines is 1. The van der Waals surface area contributed by atoms with E-state index < -0.39 is 0 Å². The molecule has 2 heterocycles. The zero-order valence-corrected chi connectivity index (χ0v) is 23.1. The van der Waals surface area contributed by atoms with Gasteiger partial charge in [-0.3, -0.25) is 9.48 Å². The van der Waals surface area contributed by atoms with Crippen molar-refractivity contribution in [2.75, 3.05) is 51.9 Å². The van der Waals surface area contributed by atoms with Crippen LogP contribution in [0, 0.1) is 0 Å². The number of fused-ring (bicyclic) bond motifs is 1. The first-order valence-corrected chi connectivity index (χ1v) is 13.6. The van der Waals surface area contributed by atoms with Gasteiger partial charge in [-0.1, -0.05) is 12.1 Å². The lowest BCUT2D eigenvalue weighted by molar-refractivity contribution is 0.0303. The van der Waals surface area contributed by atoms with E-state index in [2.05, 4.69) is 5.32 Å². The molecule has 3 aromatic carbocycles. The van der Waals surface area contributed by atoms with Crippen LogP contribution in [0.2, 0.25) is 0 Å². The van der Waals surface area contributed by atoms with Crippen molar-refractivity contribution in [1.29, 1.82) is 0 Å². The monoisotopic (exact) mass is 557 g/mol. The summed E-state index contributed by atoms with van der Waals surface area (Å²) >= 11 is 0. The largest absolute Gasteiger partial charge is 0.497 e.